The van der Waals surface area contributed by atoms with Crippen molar-refractivity contribution in [3.05, 3.63) is 11.8 Å². The quantitative estimate of drug-likeness (QED) is 0.239. The van der Waals surface area contributed by atoms with E-state index in [0.717, 1.165) is 0 Å². The first-order valence-electron chi connectivity index (χ1n) is 5.05. The summed E-state index contributed by atoms with van der Waals surface area (Å²) in [5.41, 5.74) is 0. The van der Waals surface area contributed by atoms with Crippen molar-refractivity contribution in [2.75, 3.05) is 0 Å². The van der Waals surface area contributed by atoms with Crippen LogP contribution in [-0.4, -0.2) is 61.2 Å². The Morgan fingerprint density at radius 3 is 2.06 bits per heavy atom. The van der Waals surface area contributed by atoms with Gasteiger partial charge in [-0.05, 0) is 12.5 Å². The highest BCUT2D eigenvalue weighted by atomic mass is 16.4. The number of hydrogen-bond donors (Lipinski definition) is 6. The molecule has 0 aromatic rings. The summed E-state index contributed by atoms with van der Waals surface area (Å²) < 4.78 is 0. The van der Waals surface area contributed by atoms with Crippen LogP contribution in [0.25, 0.3) is 0 Å². The molecule has 0 bridgehead atoms. The number of aliphatic hydroxyl groups is 6. The molecule has 0 aliphatic heterocycles. The second-order valence-electron chi connectivity index (χ2n) is 3.53. The Labute approximate surface area is 98.5 Å². The number of nitrogens with zero attached hydrogens (tertiary/aromatic N) is 1. The summed E-state index contributed by atoms with van der Waals surface area (Å²) in [5, 5.41) is 63.9. The molecule has 0 aromatic carbocycles. The lowest BCUT2D eigenvalue weighted by molar-refractivity contribution is -0.123. The highest BCUT2D eigenvalue weighted by Gasteiger charge is 2.35. The van der Waals surface area contributed by atoms with E-state index in [1.165, 1.54) is 12.1 Å². The van der Waals surface area contributed by atoms with Gasteiger partial charge in [-0.25, -0.2) is 0 Å². The first-order valence-corrected chi connectivity index (χ1v) is 5.05. The third-order valence-corrected chi connectivity index (χ3v) is 2.20. The second kappa shape index (κ2) is 7.21. The summed E-state index contributed by atoms with van der Waals surface area (Å²) in [5.74, 6) is -0.558. The number of hydrogen-bond acceptors (Lipinski definition) is 7. The minimum Gasteiger partial charge on any atom is -0.510 e. The van der Waals surface area contributed by atoms with Crippen LogP contribution < -0.4 is 0 Å². The summed E-state index contributed by atoms with van der Waals surface area (Å²) in [6.07, 6.45) is -7.92. The summed E-state index contributed by atoms with van der Waals surface area (Å²) in [6, 6.07) is 1.27. The maximum Gasteiger partial charge on any atom is 0.168 e. The average Bonchev–Trinajstić information content (AvgIpc) is 2.34. The fraction of sp³-hybridized carbons (Fsp3) is 0.700. The molecule has 0 aliphatic rings. The van der Waals surface area contributed by atoms with Gasteiger partial charge in [0.2, 0.25) is 0 Å². The molecule has 0 saturated heterocycles. The maximum absolute atomic E-state index is 9.42. The zero-order valence-electron chi connectivity index (χ0n) is 9.30. The van der Waals surface area contributed by atoms with E-state index in [4.69, 9.17) is 10.4 Å². The first kappa shape index (κ1) is 15.8. The zero-order chi connectivity index (χ0) is 13.6. The molecule has 0 amide bonds. The molecule has 7 nitrogen and oxygen atoms in total. The number of allylic oxidation sites excluding steroid dienone is 1. The molecule has 0 heterocycles. The number of nitriles is 1. The van der Waals surface area contributed by atoms with E-state index in [9.17, 15) is 25.5 Å². The molecule has 98 valence electrons. The van der Waals surface area contributed by atoms with Gasteiger partial charge in [-0.15, -0.1) is 0 Å². The monoisotopic (exact) mass is 247 g/mol. The molecule has 0 radical (unpaired) electrons. The van der Waals surface area contributed by atoms with Crippen LogP contribution in [0.3, 0.4) is 0 Å². The van der Waals surface area contributed by atoms with Gasteiger partial charge in [0.05, 0.1) is 6.07 Å². The van der Waals surface area contributed by atoms with E-state index in [2.05, 4.69) is 0 Å². The fourth-order valence-corrected chi connectivity index (χ4v) is 1.16. The summed E-state index contributed by atoms with van der Waals surface area (Å²) in [7, 11) is 0. The van der Waals surface area contributed by atoms with Crippen LogP contribution in [0, 0.1) is 11.3 Å². The van der Waals surface area contributed by atoms with E-state index in [1.54, 1.807) is 6.92 Å². The number of aliphatic hydroxyl groups excluding tert-OH is 6. The highest BCUT2D eigenvalue weighted by Crippen LogP contribution is 2.13. The molecule has 5 atom stereocenters. The van der Waals surface area contributed by atoms with Crippen LogP contribution >= 0.6 is 0 Å². The predicted octanol–water partition coefficient (Wildman–Crippen LogP) is -1.83. The predicted molar refractivity (Wildman–Crippen MR) is 56.6 cm³/mol. The molecular weight excluding hydrogens is 230 g/mol. The van der Waals surface area contributed by atoms with E-state index >= 15 is 0 Å². The molecule has 17 heavy (non-hydrogen) atoms. The van der Waals surface area contributed by atoms with Crippen LogP contribution in [0.1, 0.15) is 13.3 Å². The smallest absolute Gasteiger partial charge is 0.168 e. The molecule has 0 saturated carbocycles. The highest BCUT2D eigenvalue weighted by molar-refractivity contribution is 5.04. The number of rotatable bonds is 6. The Balaban J connectivity index is 4.65. The second-order valence-corrected chi connectivity index (χ2v) is 3.53. The standard InChI is InChI=1S/C10H17NO6/c1-2-3-5(12)7(14)9(16)10(17)8(15)6(13)4-11/h3,6-10,12-17H,2H2,1H3/t6-,7-,8+,9-,10-/m1/s1. The van der Waals surface area contributed by atoms with Crippen molar-refractivity contribution in [1.82, 2.24) is 0 Å². The Morgan fingerprint density at radius 1 is 1.12 bits per heavy atom. The maximum atomic E-state index is 9.42. The van der Waals surface area contributed by atoms with Gasteiger partial charge < -0.3 is 30.6 Å². The van der Waals surface area contributed by atoms with Crippen molar-refractivity contribution >= 4 is 0 Å². The molecule has 0 fully saturated rings. The van der Waals surface area contributed by atoms with E-state index < -0.39 is 36.3 Å². The van der Waals surface area contributed by atoms with Gasteiger partial charge in [0, 0.05) is 0 Å². The minimum atomic E-state index is -1.97. The van der Waals surface area contributed by atoms with E-state index in [1.807, 2.05) is 0 Å². The SMILES string of the molecule is CCC=C(O)[C@@H](O)[C@@H](O)[C@H](O)[C@@H](O)[C@H](O)C#N. The Morgan fingerprint density at radius 2 is 1.65 bits per heavy atom. The summed E-state index contributed by atoms with van der Waals surface area (Å²) in [6.45, 7) is 1.68. The van der Waals surface area contributed by atoms with Crippen LogP contribution in [0.15, 0.2) is 11.8 Å². The van der Waals surface area contributed by atoms with Crippen LogP contribution in [0.4, 0.5) is 0 Å². The van der Waals surface area contributed by atoms with Gasteiger partial charge in [0.15, 0.2) is 6.10 Å². The van der Waals surface area contributed by atoms with Crippen LogP contribution in [0.5, 0.6) is 0 Å². The van der Waals surface area contributed by atoms with Crippen molar-refractivity contribution in [3.8, 4) is 6.07 Å². The van der Waals surface area contributed by atoms with Gasteiger partial charge in [-0.1, -0.05) is 6.92 Å². The fourth-order valence-electron chi connectivity index (χ4n) is 1.16. The molecular formula is C10H17NO6. The molecule has 6 N–H and O–H groups in total. The van der Waals surface area contributed by atoms with Crippen LogP contribution in [-0.2, 0) is 0 Å². The van der Waals surface area contributed by atoms with E-state index in [0.29, 0.717) is 6.42 Å². The van der Waals surface area contributed by atoms with Crippen molar-refractivity contribution in [2.24, 2.45) is 0 Å². The van der Waals surface area contributed by atoms with Crippen molar-refractivity contribution in [3.63, 3.8) is 0 Å². The van der Waals surface area contributed by atoms with Crippen molar-refractivity contribution in [1.29, 1.82) is 5.26 Å². The zero-order valence-corrected chi connectivity index (χ0v) is 9.30. The lowest BCUT2D eigenvalue weighted by Gasteiger charge is -2.26. The Bertz CT molecular complexity index is 300. The molecule has 0 aromatic heterocycles. The molecule has 0 spiro atoms. The first-order chi connectivity index (χ1) is 7.86. The van der Waals surface area contributed by atoms with Gasteiger partial charge in [-0.3, -0.25) is 0 Å². The summed E-state index contributed by atoms with van der Waals surface area (Å²) >= 11 is 0. The topological polar surface area (TPSA) is 145 Å². The Hall–Kier alpha value is -1.17. The lowest BCUT2D eigenvalue weighted by Crippen LogP contribution is -2.49. The van der Waals surface area contributed by atoms with Gasteiger partial charge in [0.1, 0.15) is 30.2 Å². The van der Waals surface area contributed by atoms with Gasteiger partial charge in [-0.2, -0.15) is 5.26 Å². The van der Waals surface area contributed by atoms with Gasteiger partial charge >= 0.3 is 0 Å². The largest absolute Gasteiger partial charge is 0.510 e. The molecule has 7 heteroatoms. The van der Waals surface area contributed by atoms with Gasteiger partial charge in [0.25, 0.3) is 0 Å². The van der Waals surface area contributed by atoms with Crippen molar-refractivity contribution in [2.45, 2.75) is 43.9 Å². The van der Waals surface area contributed by atoms with Crippen molar-refractivity contribution < 1.29 is 30.6 Å². The lowest BCUT2D eigenvalue weighted by atomic mass is 9.98. The van der Waals surface area contributed by atoms with E-state index in [-0.39, 0.29) is 0 Å². The van der Waals surface area contributed by atoms with Crippen LogP contribution in [0.2, 0.25) is 0 Å². The molecule has 0 aliphatic carbocycles. The third-order valence-electron chi connectivity index (χ3n) is 2.20. The Kier molecular flexibility index (Phi) is 6.72. The minimum absolute atomic E-state index is 0.398. The summed E-state index contributed by atoms with van der Waals surface area (Å²) in [4.78, 5) is 0. The normalized spacial score (nSPS) is 21.1. The molecule has 0 unspecified atom stereocenters. The molecule has 0 rings (SSSR count). The third kappa shape index (κ3) is 4.30. The average molecular weight is 247 g/mol.